The van der Waals surface area contributed by atoms with E-state index in [4.69, 9.17) is 0 Å². The summed E-state index contributed by atoms with van der Waals surface area (Å²) in [4.78, 5) is 23.2. The van der Waals surface area contributed by atoms with Gasteiger partial charge in [0.25, 0.3) is 5.91 Å². The zero-order valence-electron chi connectivity index (χ0n) is 12.8. The van der Waals surface area contributed by atoms with Crippen LogP contribution >= 0.6 is 0 Å². The lowest BCUT2D eigenvalue weighted by atomic mass is 10.0. The summed E-state index contributed by atoms with van der Waals surface area (Å²) >= 11 is 0. The third kappa shape index (κ3) is 4.45. The summed E-state index contributed by atoms with van der Waals surface area (Å²) in [6.45, 7) is 4.07. The molecule has 2 N–H and O–H groups in total. The van der Waals surface area contributed by atoms with Crippen LogP contribution in [0.3, 0.4) is 0 Å². The fourth-order valence-corrected chi connectivity index (χ4v) is 2.19. The summed E-state index contributed by atoms with van der Waals surface area (Å²) in [7, 11) is 0. The molecule has 1 atom stereocenters. The van der Waals surface area contributed by atoms with E-state index < -0.39 is 0 Å². The van der Waals surface area contributed by atoms with E-state index in [9.17, 15) is 9.59 Å². The van der Waals surface area contributed by atoms with Crippen LogP contribution in [-0.4, -0.2) is 18.4 Å². The first-order chi connectivity index (χ1) is 10.6. The second-order valence-electron chi connectivity index (χ2n) is 5.28. The minimum atomic E-state index is -0.157. The highest BCUT2D eigenvalue weighted by Crippen LogP contribution is 2.14. The zero-order chi connectivity index (χ0) is 15.9. The van der Waals surface area contributed by atoms with Crippen molar-refractivity contribution in [2.75, 3.05) is 11.9 Å². The van der Waals surface area contributed by atoms with Crippen molar-refractivity contribution in [2.24, 2.45) is 0 Å². The van der Waals surface area contributed by atoms with Gasteiger partial charge in [-0.25, -0.2) is 0 Å². The van der Waals surface area contributed by atoms with Gasteiger partial charge >= 0.3 is 0 Å². The standard InChI is InChI=1S/C18H20N2O2/c1-13(15-7-4-3-5-8-15)12-19-18(22)16-9-6-10-17(11-16)20-14(2)21/h3-11,13H,12H2,1-2H3,(H,19,22)(H,20,21). The summed E-state index contributed by atoms with van der Waals surface area (Å²) in [5.41, 5.74) is 2.34. The largest absolute Gasteiger partial charge is 0.351 e. The molecular formula is C18H20N2O2. The van der Waals surface area contributed by atoms with Crippen molar-refractivity contribution in [1.29, 1.82) is 0 Å². The highest BCUT2D eigenvalue weighted by molar-refractivity contribution is 5.96. The smallest absolute Gasteiger partial charge is 0.251 e. The number of hydrogen-bond acceptors (Lipinski definition) is 2. The molecule has 0 saturated heterocycles. The number of carbonyl (C=O) groups is 2. The van der Waals surface area contributed by atoms with Crippen LogP contribution in [0.25, 0.3) is 0 Å². The van der Waals surface area contributed by atoms with Gasteiger partial charge in [0.2, 0.25) is 5.91 Å². The molecule has 1 unspecified atom stereocenters. The molecule has 0 saturated carbocycles. The van der Waals surface area contributed by atoms with Crippen molar-refractivity contribution in [1.82, 2.24) is 5.32 Å². The van der Waals surface area contributed by atoms with Crippen molar-refractivity contribution in [3.05, 3.63) is 65.7 Å². The summed E-state index contributed by atoms with van der Waals surface area (Å²) in [5.74, 6) is -0.0612. The number of amides is 2. The average Bonchev–Trinajstić information content (AvgIpc) is 2.52. The Balaban J connectivity index is 1.96. The van der Waals surface area contributed by atoms with Crippen LogP contribution in [-0.2, 0) is 4.79 Å². The van der Waals surface area contributed by atoms with Gasteiger partial charge in [-0.05, 0) is 29.7 Å². The van der Waals surface area contributed by atoms with E-state index in [1.807, 2.05) is 30.3 Å². The summed E-state index contributed by atoms with van der Waals surface area (Å²) in [6, 6.07) is 17.0. The topological polar surface area (TPSA) is 58.2 Å². The fourth-order valence-electron chi connectivity index (χ4n) is 2.19. The second-order valence-corrected chi connectivity index (χ2v) is 5.28. The molecule has 0 radical (unpaired) electrons. The van der Waals surface area contributed by atoms with Gasteiger partial charge in [-0.1, -0.05) is 43.3 Å². The van der Waals surface area contributed by atoms with E-state index >= 15 is 0 Å². The first-order valence-corrected chi connectivity index (χ1v) is 7.27. The van der Waals surface area contributed by atoms with E-state index in [0.29, 0.717) is 17.8 Å². The quantitative estimate of drug-likeness (QED) is 0.890. The number of nitrogens with one attached hydrogen (secondary N) is 2. The van der Waals surface area contributed by atoms with Crippen molar-refractivity contribution >= 4 is 17.5 Å². The predicted molar refractivity (Wildman–Crippen MR) is 87.9 cm³/mol. The lowest BCUT2D eigenvalue weighted by molar-refractivity contribution is -0.114. The molecule has 0 aliphatic carbocycles. The highest BCUT2D eigenvalue weighted by Gasteiger charge is 2.10. The number of carbonyl (C=O) groups excluding carboxylic acids is 2. The molecule has 2 amide bonds. The summed E-state index contributed by atoms with van der Waals surface area (Å²) in [5, 5.41) is 5.60. The lowest BCUT2D eigenvalue weighted by Gasteiger charge is -2.13. The summed E-state index contributed by atoms with van der Waals surface area (Å²) in [6.07, 6.45) is 0. The molecule has 0 fully saturated rings. The fraction of sp³-hybridized carbons (Fsp3) is 0.222. The lowest BCUT2D eigenvalue weighted by Crippen LogP contribution is -2.27. The number of hydrogen-bond donors (Lipinski definition) is 2. The third-order valence-corrected chi connectivity index (χ3v) is 3.38. The van der Waals surface area contributed by atoms with Crippen molar-refractivity contribution in [2.45, 2.75) is 19.8 Å². The maximum atomic E-state index is 12.2. The van der Waals surface area contributed by atoms with Gasteiger partial charge in [0.15, 0.2) is 0 Å². The van der Waals surface area contributed by atoms with Gasteiger partial charge in [0.1, 0.15) is 0 Å². The highest BCUT2D eigenvalue weighted by atomic mass is 16.2. The van der Waals surface area contributed by atoms with Gasteiger partial charge in [-0.2, -0.15) is 0 Å². The van der Waals surface area contributed by atoms with Gasteiger partial charge in [0.05, 0.1) is 0 Å². The molecule has 2 aromatic rings. The maximum Gasteiger partial charge on any atom is 0.251 e. The van der Waals surface area contributed by atoms with Crippen molar-refractivity contribution in [3.8, 4) is 0 Å². The molecule has 0 heterocycles. The first-order valence-electron chi connectivity index (χ1n) is 7.27. The van der Waals surface area contributed by atoms with Gasteiger partial charge in [-0.15, -0.1) is 0 Å². The number of rotatable bonds is 5. The molecule has 2 rings (SSSR count). The molecule has 114 valence electrons. The van der Waals surface area contributed by atoms with Crippen LogP contribution in [0, 0.1) is 0 Å². The Kier molecular flexibility index (Phi) is 5.31. The van der Waals surface area contributed by atoms with E-state index in [1.54, 1.807) is 24.3 Å². The Labute approximate surface area is 130 Å². The SMILES string of the molecule is CC(=O)Nc1cccc(C(=O)NCC(C)c2ccccc2)c1. The van der Waals surface area contributed by atoms with Crippen LogP contribution in [0.15, 0.2) is 54.6 Å². The molecule has 0 spiro atoms. The molecule has 0 aromatic heterocycles. The molecule has 0 aliphatic rings. The Morgan fingerprint density at radius 2 is 1.77 bits per heavy atom. The zero-order valence-corrected chi connectivity index (χ0v) is 12.8. The predicted octanol–water partition coefficient (Wildman–Crippen LogP) is 3.18. The van der Waals surface area contributed by atoms with E-state index in [0.717, 1.165) is 0 Å². The van der Waals surface area contributed by atoms with E-state index in [1.165, 1.54) is 12.5 Å². The maximum absolute atomic E-state index is 12.2. The minimum absolute atomic E-state index is 0.144. The van der Waals surface area contributed by atoms with Gasteiger partial charge < -0.3 is 10.6 Å². The molecule has 0 aliphatic heterocycles. The molecular weight excluding hydrogens is 276 g/mol. The summed E-state index contributed by atoms with van der Waals surface area (Å²) < 4.78 is 0. The second kappa shape index (κ2) is 7.41. The Bertz CT molecular complexity index is 653. The molecule has 0 bridgehead atoms. The van der Waals surface area contributed by atoms with Crippen molar-refractivity contribution < 1.29 is 9.59 Å². The minimum Gasteiger partial charge on any atom is -0.351 e. The third-order valence-electron chi connectivity index (χ3n) is 3.38. The molecule has 4 nitrogen and oxygen atoms in total. The molecule has 22 heavy (non-hydrogen) atoms. The number of benzene rings is 2. The van der Waals surface area contributed by atoms with Crippen LogP contribution in [0.1, 0.15) is 35.7 Å². The van der Waals surface area contributed by atoms with Crippen LogP contribution in [0.5, 0.6) is 0 Å². The van der Waals surface area contributed by atoms with E-state index in [2.05, 4.69) is 17.6 Å². The monoisotopic (exact) mass is 296 g/mol. The Hall–Kier alpha value is -2.62. The van der Waals surface area contributed by atoms with Gasteiger partial charge in [0, 0.05) is 24.7 Å². The van der Waals surface area contributed by atoms with Crippen LogP contribution in [0.4, 0.5) is 5.69 Å². The van der Waals surface area contributed by atoms with E-state index in [-0.39, 0.29) is 17.7 Å². The average molecular weight is 296 g/mol. The Morgan fingerprint density at radius 3 is 2.45 bits per heavy atom. The van der Waals surface area contributed by atoms with Crippen molar-refractivity contribution in [3.63, 3.8) is 0 Å². The normalized spacial score (nSPS) is 11.5. The molecule has 2 aromatic carbocycles. The number of anilines is 1. The van der Waals surface area contributed by atoms with Gasteiger partial charge in [-0.3, -0.25) is 9.59 Å². The Morgan fingerprint density at radius 1 is 1.05 bits per heavy atom. The first kappa shape index (κ1) is 15.8. The van der Waals surface area contributed by atoms with Crippen LogP contribution < -0.4 is 10.6 Å². The molecule has 4 heteroatoms. The van der Waals surface area contributed by atoms with Crippen LogP contribution in [0.2, 0.25) is 0 Å².